The number of benzene rings is 2. The molecule has 6 nitrogen and oxygen atoms in total. The Morgan fingerprint density at radius 3 is 2.43 bits per heavy atom. The van der Waals surface area contributed by atoms with Gasteiger partial charge in [-0.15, -0.1) is 0 Å². The van der Waals surface area contributed by atoms with Crippen molar-refractivity contribution in [1.29, 1.82) is 0 Å². The van der Waals surface area contributed by atoms with Gasteiger partial charge in [-0.2, -0.15) is 0 Å². The van der Waals surface area contributed by atoms with Crippen LogP contribution in [0.5, 0.6) is 0 Å². The third-order valence-corrected chi connectivity index (χ3v) is 11.1. The predicted molar refractivity (Wildman–Crippen MR) is 170 cm³/mol. The Morgan fingerprint density at radius 1 is 1.00 bits per heavy atom. The second-order valence-corrected chi connectivity index (χ2v) is 14.3. The van der Waals surface area contributed by atoms with E-state index in [-0.39, 0.29) is 44.6 Å². The van der Waals surface area contributed by atoms with Crippen molar-refractivity contribution in [2.45, 2.75) is 55.6 Å². The topological polar surface area (TPSA) is 78.9 Å². The van der Waals surface area contributed by atoms with Crippen molar-refractivity contribution in [3.05, 3.63) is 70.5 Å². The Hall–Kier alpha value is -2.40. The summed E-state index contributed by atoms with van der Waals surface area (Å²) in [6, 6.07) is 12.0. The van der Waals surface area contributed by atoms with Gasteiger partial charge in [0, 0.05) is 39.4 Å². The van der Waals surface area contributed by atoms with Gasteiger partial charge < -0.3 is 14.2 Å². The van der Waals surface area contributed by atoms with E-state index in [1.807, 2.05) is 58.9 Å². The van der Waals surface area contributed by atoms with E-state index in [9.17, 15) is 18.2 Å². The second-order valence-electron chi connectivity index (χ2n) is 10.2. The van der Waals surface area contributed by atoms with Crippen molar-refractivity contribution in [3.8, 4) is 0 Å². The molecule has 0 saturated carbocycles. The van der Waals surface area contributed by atoms with Crippen molar-refractivity contribution in [1.82, 2.24) is 0 Å². The average molecular weight is 633 g/mol. The third kappa shape index (κ3) is 9.56. The van der Waals surface area contributed by atoms with Gasteiger partial charge in [-0.05, 0) is 89.9 Å². The molecular formula is C32H37FO6S3. The van der Waals surface area contributed by atoms with E-state index in [0.29, 0.717) is 12.0 Å². The van der Waals surface area contributed by atoms with E-state index >= 15 is 0 Å². The van der Waals surface area contributed by atoms with E-state index in [1.54, 1.807) is 12.3 Å². The number of hydrogen-bond donors (Lipinski definition) is 0. The van der Waals surface area contributed by atoms with Crippen LogP contribution in [0.3, 0.4) is 0 Å². The van der Waals surface area contributed by atoms with E-state index in [4.69, 9.17) is 14.2 Å². The summed E-state index contributed by atoms with van der Waals surface area (Å²) in [5.41, 5.74) is 4.95. The largest absolute Gasteiger partial charge is 0.463 e. The number of halogens is 1. The van der Waals surface area contributed by atoms with Gasteiger partial charge in [0.15, 0.2) is 0 Å². The molecule has 4 rings (SSSR count). The lowest BCUT2D eigenvalue weighted by Crippen LogP contribution is -2.14. The summed E-state index contributed by atoms with van der Waals surface area (Å²) in [6.45, 7) is 2.58. The minimum Gasteiger partial charge on any atom is -0.463 e. The van der Waals surface area contributed by atoms with Gasteiger partial charge in [-0.3, -0.25) is 13.8 Å². The zero-order valence-electron chi connectivity index (χ0n) is 24.0. The quantitative estimate of drug-likeness (QED) is 0.117. The zero-order valence-corrected chi connectivity index (χ0v) is 26.5. The smallest absolute Gasteiger partial charge is 0.310 e. The van der Waals surface area contributed by atoms with Crippen LogP contribution in [0.1, 0.15) is 62.1 Å². The van der Waals surface area contributed by atoms with E-state index in [0.717, 1.165) is 57.3 Å². The molecule has 1 saturated heterocycles. The third-order valence-electron chi connectivity index (χ3n) is 7.16. The lowest BCUT2D eigenvalue weighted by Gasteiger charge is -2.09. The predicted octanol–water partition coefficient (Wildman–Crippen LogP) is 7.10. The van der Waals surface area contributed by atoms with Gasteiger partial charge in [0.05, 0.1) is 19.6 Å². The molecule has 1 aliphatic carbocycles. The Kier molecular flexibility index (Phi) is 12.7. The van der Waals surface area contributed by atoms with E-state index < -0.39 is 16.8 Å². The van der Waals surface area contributed by atoms with Crippen LogP contribution >= 0.6 is 21.6 Å². The lowest BCUT2D eigenvalue weighted by atomic mass is 10.0. The van der Waals surface area contributed by atoms with Crippen molar-refractivity contribution in [2.24, 2.45) is 0 Å². The number of fused-ring (bicyclic) bond motifs is 1. The van der Waals surface area contributed by atoms with E-state index in [1.165, 1.54) is 24.3 Å². The number of allylic oxidation sites excluding steroid dienone is 2. The average Bonchev–Trinajstić information content (AvgIpc) is 3.58. The maximum absolute atomic E-state index is 14.2. The van der Waals surface area contributed by atoms with Crippen LogP contribution in [-0.2, 0) is 34.6 Å². The molecule has 2 aromatic rings. The van der Waals surface area contributed by atoms with Crippen LogP contribution in [0, 0.1) is 5.82 Å². The fraction of sp³-hybridized carbons (Fsp3) is 0.438. The molecule has 10 heteroatoms. The highest BCUT2D eigenvalue weighted by molar-refractivity contribution is 8.77. The standard InChI is InChI=1S/C32H37FO6S3/c1-22-28(19-23-7-10-26(11-8-23)42(2)36)27-12-9-24(33)20-30(27)29(22)21-32(35)39-17-15-37-14-16-38-31(34)6-4-3-5-25-13-18-40-41-25/h7-12,19-20,25H,3-6,13-18,21H2,1-2H3/b28-19-. The lowest BCUT2D eigenvalue weighted by molar-refractivity contribution is -0.146. The summed E-state index contributed by atoms with van der Waals surface area (Å²) in [4.78, 5) is 25.3. The van der Waals surface area contributed by atoms with Gasteiger partial charge in [-0.1, -0.05) is 46.2 Å². The molecule has 0 N–H and O–H groups in total. The maximum atomic E-state index is 14.2. The molecule has 1 heterocycles. The SMILES string of the molecule is CC1=C(CC(=O)OCCOCCOC(=O)CCCCC2CCSS2)c2cc(F)ccc2/C1=C\c1ccc(S(C)=O)cc1. The Labute approximate surface area is 257 Å². The summed E-state index contributed by atoms with van der Waals surface area (Å²) < 4.78 is 41.9. The number of rotatable bonds is 15. The number of esters is 2. The summed E-state index contributed by atoms with van der Waals surface area (Å²) in [6.07, 6.45) is 8.35. The van der Waals surface area contributed by atoms with Gasteiger partial charge in [0.1, 0.15) is 19.0 Å². The second kappa shape index (κ2) is 16.4. The van der Waals surface area contributed by atoms with Gasteiger partial charge in [0.25, 0.3) is 0 Å². The molecule has 2 atom stereocenters. The van der Waals surface area contributed by atoms with Gasteiger partial charge in [0.2, 0.25) is 0 Å². The number of unbranched alkanes of at least 4 members (excludes halogenated alkanes) is 1. The molecular weight excluding hydrogens is 596 g/mol. The fourth-order valence-corrected chi connectivity index (χ4v) is 8.46. The molecule has 0 radical (unpaired) electrons. The first-order valence-corrected chi connectivity index (χ1v) is 18.1. The summed E-state index contributed by atoms with van der Waals surface area (Å²) in [5.74, 6) is 0.211. The first-order chi connectivity index (χ1) is 20.3. The highest BCUT2D eigenvalue weighted by Gasteiger charge is 2.26. The number of carbonyl (C=O) groups excluding carboxylic acids is 2. The molecule has 0 bridgehead atoms. The van der Waals surface area contributed by atoms with Gasteiger partial charge in [-0.25, -0.2) is 4.39 Å². The molecule has 2 aromatic carbocycles. The van der Waals surface area contributed by atoms with E-state index in [2.05, 4.69) is 0 Å². The Morgan fingerprint density at radius 2 is 1.74 bits per heavy atom. The molecule has 1 fully saturated rings. The van der Waals surface area contributed by atoms with Gasteiger partial charge >= 0.3 is 11.9 Å². The van der Waals surface area contributed by atoms with Crippen LogP contribution in [-0.4, -0.2) is 59.8 Å². The molecule has 0 amide bonds. The molecule has 0 spiro atoms. The van der Waals surface area contributed by atoms with Crippen molar-refractivity contribution in [3.63, 3.8) is 0 Å². The molecule has 1 aliphatic heterocycles. The van der Waals surface area contributed by atoms with Crippen molar-refractivity contribution in [2.75, 3.05) is 38.4 Å². The maximum Gasteiger partial charge on any atom is 0.310 e. The Balaban J connectivity index is 1.19. The molecule has 0 aromatic heterocycles. The minimum absolute atomic E-state index is 0.00324. The zero-order chi connectivity index (χ0) is 29.9. The van der Waals surface area contributed by atoms with Crippen LogP contribution in [0.15, 0.2) is 52.9 Å². The molecule has 42 heavy (non-hydrogen) atoms. The number of ether oxygens (including phenoxy) is 3. The van der Waals surface area contributed by atoms with Crippen LogP contribution in [0.4, 0.5) is 4.39 Å². The van der Waals surface area contributed by atoms with Crippen molar-refractivity contribution >= 4 is 61.5 Å². The fourth-order valence-electron chi connectivity index (χ4n) is 4.91. The summed E-state index contributed by atoms with van der Waals surface area (Å²) in [7, 11) is 2.83. The highest BCUT2D eigenvalue weighted by atomic mass is 33.1. The summed E-state index contributed by atoms with van der Waals surface area (Å²) >= 11 is 0. The first-order valence-electron chi connectivity index (χ1n) is 14.1. The van der Waals surface area contributed by atoms with Crippen LogP contribution in [0.25, 0.3) is 17.2 Å². The monoisotopic (exact) mass is 632 g/mol. The number of hydrogen-bond acceptors (Lipinski definition) is 8. The van der Waals surface area contributed by atoms with Crippen LogP contribution in [0.2, 0.25) is 0 Å². The summed E-state index contributed by atoms with van der Waals surface area (Å²) in [5, 5.41) is 0.727. The molecule has 2 unspecified atom stereocenters. The Bertz CT molecular complexity index is 1330. The van der Waals surface area contributed by atoms with Crippen LogP contribution < -0.4 is 0 Å². The molecule has 226 valence electrons. The highest BCUT2D eigenvalue weighted by Crippen LogP contribution is 2.44. The number of carbonyl (C=O) groups is 2. The van der Waals surface area contributed by atoms with Crippen molar-refractivity contribution < 1.29 is 32.4 Å². The minimum atomic E-state index is -1.06. The first kappa shape index (κ1) is 32.5. The normalized spacial score (nSPS) is 17.9. The molecule has 2 aliphatic rings.